The molecule has 1 amide bonds. The molecule has 1 aliphatic carbocycles. The van der Waals surface area contributed by atoms with Crippen LogP contribution in [-0.2, 0) is 11.2 Å². The molecule has 3 aromatic rings. The largest absolute Gasteiger partial charge is 0.386 e. The Bertz CT molecular complexity index is 964. The topological polar surface area (TPSA) is 56.9 Å². The predicted octanol–water partition coefficient (Wildman–Crippen LogP) is 4.41. The molecule has 4 rings (SSSR count). The van der Waals surface area contributed by atoms with Gasteiger partial charge in [-0.05, 0) is 41.6 Å². The summed E-state index contributed by atoms with van der Waals surface area (Å²) >= 11 is 1.52. The van der Waals surface area contributed by atoms with Crippen LogP contribution in [0.4, 0.5) is 10.7 Å². The van der Waals surface area contributed by atoms with Gasteiger partial charge in [-0.15, -0.1) is 11.3 Å². The fourth-order valence-corrected chi connectivity index (χ4v) is 3.64. The first kappa shape index (κ1) is 14.8. The molecule has 3 N–H and O–H groups in total. The average molecular weight is 335 g/mol. The summed E-state index contributed by atoms with van der Waals surface area (Å²) in [7, 11) is 1.91. The number of carbonyl (C=O) groups is 1. The number of aromatic nitrogens is 1. The highest BCUT2D eigenvalue weighted by atomic mass is 32.1. The van der Waals surface area contributed by atoms with Crippen molar-refractivity contribution < 1.29 is 4.79 Å². The number of amides is 1. The minimum absolute atomic E-state index is 0.0888. The molecule has 0 unspecified atom stereocenters. The number of anilines is 2. The molecule has 0 radical (unpaired) electrons. The Hall–Kier alpha value is -2.79. The SMILES string of the molecule is CNc1cccc2c3c([nH]c12)C=C(C(=O)Nc1cccs1)C=CC3. The Balaban J connectivity index is 1.75. The van der Waals surface area contributed by atoms with E-state index in [-0.39, 0.29) is 5.91 Å². The van der Waals surface area contributed by atoms with E-state index in [0.29, 0.717) is 5.57 Å². The summed E-state index contributed by atoms with van der Waals surface area (Å²) < 4.78 is 0. The van der Waals surface area contributed by atoms with Gasteiger partial charge in [0.05, 0.1) is 16.2 Å². The molecule has 0 spiro atoms. The maximum atomic E-state index is 12.5. The molecule has 0 atom stereocenters. The molecular formula is C19H17N3OS. The monoisotopic (exact) mass is 335 g/mol. The Morgan fingerprint density at radius 1 is 1.25 bits per heavy atom. The highest BCUT2D eigenvalue weighted by molar-refractivity contribution is 7.14. The van der Waals surface area contributed by atoms with E-state index in [0.717, 1.165) is 28.3 Å². The summed E-state index contributed by atoms with van der Waals surface area (Å²) in [6, 6.07) is 10.0. The third-order valence-electron chi connectivity index (χ3n) is 4.18. The van der Waals surface area contributed by atoms with Crippen LogP contribution >= 0.6 is 11.3 Å². The molecule has 120 valence electrons. The summed E-state index contributed by atoms with van der Waals surface area (Å²) in [5, 5.41) is 10.1. The lowest BCUT2D eigenvalue weighted by Crippen LogP contribution is -2.12. The summed E-state index contributed by atoms with van der Waals surface area (Å²) in [6.07, 6.45) is 6.67. The zero-order chi connectivity index (χ0) is 16.5. The van der Waals surface area contributed by atoms with E-state index in [1.54, 1.807) is 0 Å². The number of thiophene rings is 1. The molecule has 4 nitrogen and oxygen atoms in total. The second kappa shape index (κ2) is 6.02. The summed E-state index contributed by atoms with van der Waals surface area (Å²) in [4.78, 5) is 16.0. The molecule has 2 aromatic heterocycles. The standard InChI is InChI=1S/C19H17N3OS/c1-20-15-8-3-7-14-13-6-2-5-12(11-16(13)21-18(14)15)19(23)22-17-9-4-10-24-17/h2-5,7-11,20-21H,6H2,1H3,(H,22,23). The molecule has 24 heavy (non-hydrogen) atoms. The molecule has 0 saturated carbocycles. The van der Waals surface area contributed by atoms with Crippen LogP contribution < -0.4 is 10.6 Å². The van der Waals surface area contributed by atoms with Crippen molar-refractivity contribution in [3.8, 4) is 0 Å². The predicted molar refractivity (Wildman–Crippen MR) is 102 cm³/mol. The molecule has 2 heterocycles. The minimum atomic E-state index is -0.0888. The van der Waals surface area contributed by atoms with Crippen LogP contribution in [0.1, 0.15) is 11.3 Å². The molecule has 1 aliphatic rings. The molecule has 0 fully saturated rings. The molecule has 1 aromatic carbocycles. The van der Waals surface area contributed by atoms with Gasteiger partial charge < -0.3 is 15.6 Å². The van der Waals surface area contributed by atoms with E-state index < -0.39 is 0 Å². The molecule has 0 saturated heterocycles. The molecular weight excluding hydrogens is 318 g/mol. The van der Waals surface area contributed by atoms with Crippen LogP contribution in [0.2, 0.25) is 0 Å². The van der Waals surface area contributed by atoms with Gasteiger partial charge in [0.15, 0.2) is 0 Å². The first-order valence-corrected chi connectivity index (χ1v) is 8.68. The maximum Gasteiger partial charge on any atom is 0.256 e. The molecule has 0 aliphatic heterocycles. The Morgan fingerprint density at radius 2 is 2.17 bits per heavy atom. The van der Waals surface area contributed by atoms with Crippen molar-refractivity contribution in [2.24, 2.45) is 0 Å². The number of fused-ring (bicyclic) bond motifs is 3. The van der Waals surface area contributed by atoms with Gasteiger partial charge >= 0.3 is 0 Å². The molecule has 5 heteroatoms. The summed E-state index contributed by atoms with van der Waals surface area (Å²) in [5.74, 6) is -0.0888. The van der Waals surface area contributed by atoms with Gasteiger partial charge in [-0.25, -0.2) is 0 Å². The third kappa shape index (κ3) is 2.53. The summed E-state index contributed by atoms with van der Waals surface area (Å²) in [6.45, 7) is 0. The van der Waals surface area contributed by atoms with E-state index in [4.69, 9.17) is 0 Å². The van der Waals surface area contributed by atoms with E-state index in [1.807, 2.05) is 54.9 Å². The summed E-state index contributed by atoms with van der Waals surface area (Å²) in [5.41, 5.74) is 5.00. The van der Waals surface area contributed by atoms with Gasteiger partial charge in [0.1, 0.15) is 0 Å². The lowest BCUT2D eigenvalue weighted by Gasteiger charge is -2.03. The number of benzene rings is 1. The zero-order valence-corrected chi connectivity index (χ0v) is 14.0. The second-order valence-corrected chi connectivity index (χ2v) is 6.58. The first-order chi connectivity index (χ1) is 11.8. The number of hydrogen-bond acceptors (Lipinski definition) is 3. The number of allylic oxidation sites excluding steroid dienone is 1. The van der Waals surface area contributed by atoms with Crippen LogP contribution in [0.25, 0.3) is 17.0 Å². The van der Waals surface area contributed by atoms with Gasteiger partial charge in [-0.1, -0.05) is 24.3 Å². The number of rotatable bonds is 3. The fourth-order valence-electron chi connectivity index (χ4n) is 3.03. The zero-order valence-electron chi connectivity index (χ0n) is 13.2. The minimum Gasteiger partial charge on any atom is -0.386 e. The van der Waals surface area contributed by atoms with Crippen molar-refractivity contribution in [1.29, 1.82) is 0 Å². The lowest BCUT2D eigenvalue weighted by atomic mass is 10.1. The van der Waals surface area contributed by atoms with Crippen LogP contribution in [0, 0.1) is 0 Å². The van der Waals surface area contributed by atoms with Gasteiger partial charge in [0, 0.05) is 23.7 Å². The van der Waals surface area contributed by atoms with Crippen molar-refractivity contribution in [2.75, 3.05) is 17.7 Å². The van der Waals surface area contributed by atoms with Gasteiger partial charge in [-0.3, -0.25) is 4.79 Å². The number of H-pyrrole nitrogens is 1. The van der Waals surface area contributed by atoms with Crippen molar-refractivity contribution in [3.05, 3.63) is 64.7 Å². The number of aromatic amines is 1. The first-order valence-electron chi connectivity index (χ1n) is 7.80. The van der Waals surface area contributed by atoms with Gasteiger partial charge in [-0.2, -0.15) is 0 Å². The average Bonchev–Trinajstić information content (AvgIpc) is 3.16. The Kier molecular flexibility index (Phi) is 3.70. The van der Waals surface area contributed by atoms with E-state index >= 15 is 0 Å². The lowest BCUT2D eigenvalue weighted by molar-refractivity contribution is -0.112. The Morgan fingerprint density at radius 3 is 2.96 bits per heavy atom. The van der Waals surface area contributed by atoms with Crippen LogP contribution in [-0.4, -0.2) is 17.9 Å². The van der Waals surface area contributed by atoms with Crippen LogP contribution in [0.3, 0.4) is 0 Å². The third-order valence-corrected chi connectivity index (χ3v) is 4.97. The number of para-hydroxylation sites is 1. The van der Waals surface area contributed by atoms with Gasteiger partial charge in [0.25, 0.3) is 5.91 Å². The van der Waals surface area contributed by atoms with Crippen LogP contribution in [0.15, 0.2) is 53.4 Å². The van der Waals surface area contributed by atoms with E-state index in [2.05, 4.69) is 21.7 Å². The smallest absolute Gasteiger partial charge is 0.256 e. The van der Waals surface area contributed by atoms with Gasteiger partial charge in [0.2, 0.25) is 0 Å². The highest BCUT2D eigenvalue weighted by Gasteiger charge is 2.16. The normalized spacial score (nSPS) is 13.3. The second-order valence-electron chi connectivity index (χ2n) is 5.63. The van der Waals surface area contributed by atoms with Crippen LogP contribution in [0.5, 0.6) is 0 Å². The maximum absolute atomic E-state index is 12.5. The highest BCUT2D eigenvalue weighted by Crippen LogP contribution is 2.31. The fraction of sp³-hybridized carbons (Fsp3) is 0.105. The number of carbonyl (C=O) groups excluding carboxylic acids is 1. The number of nitrogens with one attached hydrogen (secondary N) is 3. The van der Waals surface area contributed by atoms with Crippen molar-refractivity contribution in [2.45, 2.75) is 6.42 Å². The number of hydrogen-bond donors (Lipinski definition) is 3. The molecule has 0 bridgehead atoms. The Labute approximate surface area is 143 Å². The van der Waals surface area contributed by atoms with Crippen molar-refractivity contribution in [1.82, 2.24) is 4.98 Å². The van der Waals surface area contributed by atoms with Crippen molar-refractivity contribution in [3.63, 3.8) is 0 Å². The van der Waals surface area contributed by atoms with E-state index in [9.17, 15) is 4.79 Å². The quantitative estimate of drug-likeness (QED) is 0.664. The van der Waals surface area contributed by atoms with E-state index in [1.165, 1.54) is 22.3 Å². The van der Waals surface area contributed by atoms with Crippen molar-refractivity contribution >= 4 is 44.9 Å².